The number of nitrogens with one attached hydrogen (secondary N) is 1. The molecule has 1 aromatic heterocycles. The molecule has 1 N–H and O–H groups in total. The number of carbonyl (C=O) groups excluding carboxylic acids is 2. The van der Waals surface area contributed by atoms with Gasteiger partial charge >= 0.3 is 0 Å². The van der Waals surface area contributed by atoms with E-state index >= 15 is 0 Å². The Labute approximate surface area is 163 Å². The molecule has 2 amide bonds. The molecule has 4 rings (SSSR count). The molecular weight excluding hydrogens is 360 g/mol. The fourth-order valence-electron chi connectivity index (χ4n) is 3.29. The number of benzene rings is 1. The van der Waals surface area contributed by atoms with Gasteiger partial charge < -0.3 is 15.0 Å². The first-order valence-corrected chi connectivity index (χ1v) is 9.28. The predicted molar refractivity (Wildman–Crippen MR) is 103 cm³/mol. The Hall–Kier alpha value is -3.13. The van der Waals surface area contributed by atoms with E-state index in [2.05, 4.69) is 10.3 Å². The van der Waals surface area contributed by atoms with Gasteiger partial charge in [0.2, 0.25) is 5.91 Å². The summed E-state index contributed by atoms with van der Waals surface area (Å²) in [4.78, 5) is 36.7. The molecule has 1 aromatic carbocycles. The Morgan fingerprint density at radius 3 is 2.82 bits per heavy atom. The van der Waals surface area contributed by atoms with Gasteiger partial charge in [0.15, 0.2) is 5.82 Å². The maximum atomic E-state index is 12.7. The van der Waals surface area contributed by atoms with Crippen LogP contribution < -0.4 is 15.0 Å². The summed E-state index contributed by atoms with van der Waals surface area (Å²) < 4.78 is 5.18. The standard InChI is InChI=1S/C20H22N4O4/c1-27-16-6-4-14(5-7-16)13-23-17-10-15(11-21-19(17)22-12-18(23)25)20(26)24-8-2-3-9-28-24/h4-7,10-11H,2-3,8-9,12-13H2,1H3,(H,21,22). The average Bonchev–Trinajstić information content (AvgIpc) is 2.76. The van der Waals surface area contributed by atoms with Crippen molar-refractivity contribution in [2.24, 2.45) is 0 Å². The smallest absolute Gasteiger partial charge is 0.279 e. The number of hydroxylamine groups is 2. The molecule has 0 aliphatic carbocycles. The molecule has 8 heteroatoms. The van der Waals surface area contributed by atoms with Crippen molar-refractivity contribution in [2.75, 3.05) is 37.0 Å². The summed E-state index contributed by atoms with van der Waals surface area (Å²) in [5.41, 5.74) is 1.95. The number of rotatable bonds is 4. The van der Waals surface area contributed by atoms with Crippen LogP contribution in [0.15, 0.2) is 36.5 Å². The van der Waals surface area contributed by atoms with Crippen LogP contribution in [0.2, 0.25) is 0 Å². The van der Waals surface area contributed by atoms with Crippen LogP contribution in [0.4, 0.5) is 11.5 Å². The third-order valence-electron chi connectivity index (χ3n) is 4.84. The van der Waals surface area contributed by atoms with Gasteiger partial charge in [-0.2, -0.15) is 0 Å². The number of aromatic nitrogens is 1. The summed E-state index contributed by atoms with van der Waals surface area (Å²) in [6.07, 6.45) is 3.38. The van der Waals surface area contributed by atoms with Crippen molar-refractivity contribution in [3.05, 3.63) is 47.7 Å². The number of methoxy groups -OCH3 is 1. The minimum Gasteiger partial charge on any atom is -0.497 e. The first-order valence-electron chi connectivity index (χ1n) is 9.28. The van der Waals surface area contributed by atoms with Crippen LogP contribution in [-0.4, -0.2) is 48.7 Å². The van der Waals surface area contributed by atoms with Crippen molar-refractivity contribution in [1.82, 2.24) is 10.0 Å². The number of nitrogens with zero attached hydrogens (tertiary/aromatic N) is 3. The molecule has 0 saturated carbocycles. The average molecular weight is 382 g/mol. The van der Waals surface area contributed by atoms with Crippen molar-refractivity contribution in [3.63, 3.8) is 0 Å². The molecule has 0 unspecified atom stereocenters. The quantitative estimate of drug-likeness (QED) is 0.873. The highest BCUT2D eigenvalue weighted by Gasteiger charge is 2.28. The van der Waals surface area contributed by atoms with Crippen molar-refractivity contribution >= 4 is 23.3 Å². The number of anilines is 2. The Morgan fingerprint density at radius 2 is 2.11 bits per heavy atom. The summed E-state index contributed by atoms with van der Waals surface area (Å²) >= 11 is 0. The van der Waals surface area contributed by atoms with E-state index in [-0.39, 0.29) is 18.4 Å². The second-order valence-electron chi connectivity index (χ2n) is 6.72. The Bertz CT molecular complexity index is 878. The summed E-state index contributed by atoms with van der Waals surface area (Å²) in [6, 6.07) is 9.25. The lowest BCUT2D eigenvalue weighted by atomic mass is 10.1. The van der Waals surface area contributed by atoms with Gasteiger partial charge in [-0.05, 0) is 36.6 Å². The highest BCUT2D eigenvalue weighted by molar-refractivity contribution is 6.03. The van der Waals surface area contributed by atoms with Crippen LogP contribution in [0.1, 0.15) is 28.8 Å². The third kappa shape index (κ3) is 3.63. The fraction of sp³-hybridized carbons (Fsp3) is 0.350. The SMILES string of the molecule is COc1ccc(CN2C(=O)CNc3ncc(C(=O)N4CCCCO4)cc32)cc1. The lowest BCUT2D eigenvalue weighted by molar-refractivity contribution is -0.144. The molecule has 0 bridgehead atoms. The Morgan fingerprint density at radius 1 is 1.29 bits per heavy atom. The van der Waals surface area contributed by atoms with E-state index in [1.807, 2.05) is 24.3 Å². The van der Waals surface area contributed by atoms with Gasteiger partial charge in [-0.3, -0.25) is 14.4 Å². The number of hydrogen-bond donors (Lipinski definition) is 1. The van der Waals surface area contributed by atoms with E-state index in [9.17, 15) is 9.59 Å². The second-order valence-corrected chi connectivity index (χ2v) is 6.72. The predicted octanol–water partition coefficient (Wildman–Crippen LogP) is 2.22. The van der Waals surface area contributed by atoms with E-state index in [0.717, 1.165) is 24.2 Å². The monoisotopic (exact) mass is 382 g/mol. The van der Waals surface area contributed by atoms with Gasteiger partial charge in [-0.1, -0.05) is 12.1 Å². The molecule has 28 heavy (non-hydrogen) atoms. The third-order valence-corrected chi connectivity index (χ3v) is 4.84. The van der Waals surface area contributed by atoms with Gasteiger partial charge in [0.05, 0.1) is 38.1 Å². The van der Waals surface area contributed by atoms with E-state index < -0.39 is 0 Å². The van der Waals surface area contributed by atoms with E-state index in [1.165, 1.54) is 11.3 Å². The van der Waals surface area contributed by atoms with Crippen LogP contribution in [0, 0.1) is 0 Å². The normalized spacial score (nSPS) is 16.4. The van der Waals surface area contributed by atoms with Crippen molar-refractivity contribution in [3.8, 4) is 5.75 Å². The Balaban J connectivity index is 1.60. The summed E-state index contributed by atoms with van der Waals surface area (Å²) in [6.45, 7) is 1.64. The largest absolute Gasteiger partial charge is 0.497 e. The molecule has 8 nitrogen and oxygen atoms in total. The minimum atomic E-state index is -0.239. The van der Waals surface area contributed by atoms with E-state index in [1.54, 1.807) is 18.1 Å². The minimum absolute atomic E-state index is 0.0797. The maximum Gasteiger partial charge on any atom is 0.279 e. The number of pyridine rings is 1. The summed E-state index contributed by atoms with van der Waals surface area (Å²) in [5.74, 6) is 1.03. The molecule has 2 aromatic rings. The Kier molecular flexibility index (Phi) is 5.12. The zero-order valence-corrected chi connectivity index (χ0v) is 15.7. The highest BCUT2D eigenvalue weighted by atomic mass is 16.7. The van der Waals surface area contributed by atoms with Crippen molar-refractivity contribution < 1.29 is 19.2 Å². The molecule has 0 spiro atoms. The molecule has 0 atom stereocenters. The van der Waals surface area contributed by atoms with Crippen LogP contribution in [0.25, 0.3) is 0 Å². The molecule has 1 saturated heterocycles. The number of fused-ring (bicyclic) bond motifs is 1. The van der Waals surface area contributed by atoms with Gasteiger partial charge in [-0.15, -0.1) is 0 Å². The number of carbonyl (C=O) groups is 2. The summed E-state index contributed by atoms with van der Waals surface area (Å²) in [7, 11) is 1.61. The second kappa shape index (κ2) is 7.85. The summed E-state index contributed by atoms with van der Waals surface area (Å²) in [5, 5.41) is 4.39. The van der Waals surface area contributed by atoms with Crippen molar-refractivity contribution in [1.29, 1.82) is 0 Å². The zero-order valence-electron chi connectivity index (χ0n) is 15.7. The lowest BCUT2D eigenvalue weighted by Gasteiger charge is -2.30. The highest BCUT2D eigenvalue weighted by Crippen LogP contribution is 2.30. The van der Waals surface area contributed by atoms with Crippen LogP contribution in [0.5, 0.6) is 5.75 Å². The molecule has 3 heterocycles. The lowest BCUT2D eigenvalue weighted by Crippen LogP contribution is -2.40. The fourth-order valence-corrected chi connectivity index (χ4v) is 3.29. The molecule has 146 valence electrons. The van der Waals surface area contributed by atoms with Crippen LogP contribution in [0.3, 0.4) is 0 Å². The van der Waals surface area contributed by atoms with Gasteiger partial charge in [0.25, 0.3) is 5.91 Å². The number of amides is 2. The van der Waals surface area contributed by atoms with Gasteiger partial charge in [-0.25, -0.2) is 10.0 Å². The van der Waals surface area contributed by atoms with Crippen LogP contribution in [-0.2, 0) is 16.2 Å². The van der Waals surface area contributed by atoms with Crippen molar-refractivity contribution in [2.45, 2.75) is 19.4 Å². The van der Waals surface area contributed by atoms with Gasteiger partial charge in [0.1, 0.15) is 5.75 Å². The molecule has 0 radical (unpaired) electrons. The van der Waals surface area contributed by atoms with Crippen LogP contribution >= 0.6 is 0 Å². The number of ether oxygens (including phenoxy) is 1. The van der Waals surface area contributed by atoms with E-state index in [0.29, 0.717) is 36.8 Å². The van der Waals surface area contributed by atoms with Gasteiger partial charge in [0, 0.05) is 12.7 Å². The number of hydrogen-bond acceptors (Lipinski definition) is 6. The molecular formula is C20H22N4O4. The first kappa shape index (κ1) is 18.2. The first-order chi connectivity index (χ1) is 13.7. The topological polar surface area (TPSA) is 84.0 Å². The maximum absolute atomic E-state index is 12.7. The molecule has 2 aliphatic heterocycles. The molecule has 2 aliphatic rings. The van der Waals surface area contributed by atoms with E-state index in [4.69, 9.17) is 9.57 Å². The molecule has 1 fully saturated rings. The zero-order chi connectivity index (χ0) is 19.5.